The molecule has 0 bridgehead atoms. The van der Waals surface area contributed by atoms with E-state index in [1.54, 1.807) is 31.2 Å². The Labute approximate surface area is 167 Å². The Bertz CT molecular complexity index is 1090. The predicted molar refractivity (Wildman–Crippen MR) is 101 cm³/mol. The monoisotopic (exact) mass is 423 g/mol. The highest BCUT2D eigenvalue weighted by atomic mass is 35.5. The van der Waals surface area contributed by atoms with Crippen molar-refractivity contribution in [1.29, 1.82) is 0 Å². The van der Waals surface area contributed by atoms with Gasteiger partial charge in [0.1, 0.15) is 5.75 Å². The van der Waals surface area contributed by atoms with Crippen LogP contribution in [0.25, 0.3) is 5.69 Å². The Morgan fingerprint density at radius 3 is 2.31 bits per heavy atom. The van der Waals surface area contributed by atoms with Crippen molar-refractivity contribution >= 4 is 23.2 Å². The van der Waals surface area contributed by atoms with Gasteiger partial charge in [0.15, 0.2) is 5.69 Å². The van der Waals surface area contributed by atoms with Gasteiger partial charge in [-0.05, 0) is 55.5 Å². The van der Waals surface area contributed by atoms with Crippen LogP contribution in [0.5, 0.6) is 5.75 Å². The van der Waals surface area contributed by atoms with Gasteiger partial charge in [-0.3, -0.25) is 9.59 Å². The maximum absolute atomic E-state index is 12.5. The van der Waals surface area contributed by atoms with E-state index in [0.29, 0.717) is 16.4 Å². The fourth-order valence-electron chi connectivity index (χ4n) is 2.48. The summed E-state index contributed by atoms with van der Waals surface area (Å²) in [6.07, 6.45) is -4.82. The number of ether oxygens (including phenoxy) is 1. The zero-order valence-electron chi connectivity index (χ0n) is 14.8. The molecule has 0 radical (unpaired) electrons. The molecule has 0 spiro atoms. The molecule has 29 heavy (non-hydrogen) atoms. The Morgan fingerprint density at radius 2 is 1.72 bits per heavy atom. The molecule has 0 fully saturated rings. The van der Waals surface area contributed by atoms with Crippen molar-refractivity contribution in [3.63, 3.8) is 0 Å². The standard InChI is InChI=1S/C19H13ClF3N3O3/c1-11-10-16(27)17(25-26(11)14-6-2-12(20)3-7-14)18(28)24-13-4-8-15(9-5-13)29-19(21,22)23/h2-10H,1H3,(H,24,28). The first-order valence-corrected chi connectivity index (χ1v) is 8.54. The van der Waals surface area contributed by atoms with Gasteiger partial charge in [0, 0.05) is 22.5 Å². The highest BCUT2D eigenvalue weighted by Gasteiger charge is 2.31. The minimum absolute atomic E-state index is 0.171. The number of nitrogens with one attached hydrogen (secondary N) is 1. The van der Waals surface area contributed by atoms with Gasteiger partial charge in [-0.2, -0.15) is 5.10 Å². The highest BCUT2D eigenvalue weighted by Crippen LogP contribution is 2.24. The number of amides is 1. The number of alkyl halides is 3. The average Bonchev–Trinajstić information content (AvgIpc) is 2.63. The summed E-state index contributed by atoms with van der Waals surface area (Å²) in [6.45, 7) is 1.66. The topological polar surface area (TPSA) is 73.2 Å². The Morgan fingerprint density at radius 1 is 1.10 bits per heavy atom. The molecule has 3 aromatic rings. The minimum atomic E-state index is -4.82. The third kappa shape index (κ3) is 5.14. The van der Waals surface area contributed by atoms with Crippen LogP contribution in [0.1, 0.15) is 16.2 Å². The third-order valence-corrected chi connectivity index (χ3v) is 3.99. The van der Waals surface area contributed by atoms with Gasteiger partial charge in [0.25, 0.3) is 5.91 Å². The SMILES string of the molecule is Cc1cc(=O)c(C(=O)Nc2ccc(OC(F)(F)F)cc2)nn1-c1ccc(Cl)cc1. The smallest absolute Gasteiger partial charge is 0.406 e. The quantitative estimate of drug-likeness (QED) is 0.677. The van der Waals surface area contributed by atoms with Crippen LogP contribution in [0.3, 0.4) is 0 Å². The van der Waals surface area contributed by atoms with Crippen LogP contribution in [-0.2, 0) is 0 Å². The number of hydrogen-bond donors (Lipinski definition) is 1. The summed E-state index contributed by atoms with van der Waals surface area (Å²) in [5.41, 5.74) is 0.296. The molecule has 0 aliphatic rings. The number of aryl methyl sites for hydroxylation is 1. The maximum Gasteiger partial charge on any atom is 0.573 e. The summed E-state index contributed by atoms with van der Waals surface area (Å²) >= 11 is 5.87. The molecule has 0 aliphatic carbocycles. The van der Waals surface area contributed by atoms with E-state index in [1.807, 2.05) is 0 Å². The van der Waals surface area contributed by atoms with Crippen LogP contribution in [0.15, 0.2) is 59.4 Å². The Hall–Kier alpha value is -3.33. The highest BCUT2D eigenvalue weighted by molar-refractivity contribution is 6.30. The molecule has 0 saturated heterocycles. The molecule has 1 N–H and O–H groups in total. The van der Waals surface area contributed by atoms with Crippen LogP contribution in [0.2, 0.25) is 5.02 Å². The lowest BCUT2D eigenvalue weighted by atomic mass is 10.2. The molecular weight excluding hydrogens is 411 g/mol. The fraction of sp³-hybridized carbons (Fsp3) is 0.105. The molecule has 10 heteroatoms. The van der Waals surface area contributed by atoms with E-state index in [0.717, 1.165) is 12.1 Å². The van der Waals surface area contributed by atoms with Crippen LogP contribution >= 0.6 is 11.6 Å². The van der Waals surface area contributed by atoms with Crippen molar-refractivity contribution < 1.29 is 22.7 Å². The van der Waals surface area contributed by atoms with Crippen molar-refractivity contribution in [2.24, 2.45) is 0 Å². The summed E-state index contributed by atoms with van der Waals surface area (Å²) in [5, 5.41) is 7.05. The molecular formula is C19H13ClF3N3O3. The van der Waals surface area contributed by atoms with E-state index < -0.39 is 23.4 Å². The number of rotatable bonds is 4. The largest absolute Gasteiger partial charge is 0.573 e. The number of benzene rings is 2. The molecule has 0 aliphatic heterocycles. The molecule has 150 valence electrons. The van der Waals surface area contributed by atoms with Gasteiger partial charge in [0.05, 0.1) is 5.69 Å². The molecule has 0 unspecified atom stereocenters. The van der Waals surface area contributed by atoms with E-state index >= 15 is 0 Å². The summed E-state index contributed by atoms with van der Waals surface area (Å²) in [5.74, 6) is -1.24. The number of hydrogen-bond acceptors (Lipinski definition) is 4. The summed E-state index contributed by atoms with van der Waals surface area (Å²) in [4.78, 5) is 24.7. The van der Waals surface area contributed by atoms with Crippen molar-refractivity contribution in [2.75, 3.05) is 5.32 Å². The van der Waals surface area contributed by atoms with Gasteiger partial charge < -0.3 is 10.1 Å². The second kappa shape index (κ2) is 7.96. The number of anilines is 1. The molecule has 6 nitrogen and oxygen atoms in total. The van der Waals surface area contributed by atoms with E-state index in [9.17, 15) is 22.8 Å². The number of aromatic nitrogens is 2. The third-order valence-electron chi connectivity index (χ3n) is 3.74. The number of carbonyl (C=O) groups excluding carboxylic acids is 1. The summed E-state index contributed by atoms with van der Waals surface area (Å²) in [6, 6.07) is 12.4. The fourth-order valence-corrected chi connectivity index (χ4v) is 2.60. The predicted octanol–water partition coefficient (Wildman–Crippen LogP) is 4.35. The van der Waals surface area contributed by atoms with Gasteiger partial charge in [-0.15, -0.1) is 13.2 Å². The van der Waals surface area contributed by atoms with E-state index in [1.165, 1.54) is 22.9 Å². The second-order valence-electron chi connectivity index (χ2n) is 5.91. The van der Waals surface area contributed by atoms with Gasteiger partial charge >= 0.3 is 6.36 Å². The van der Waals surface area contributed by atoms with Crippen molar-refractivity contribution in [3.05, 3.63) is 81.2 Å². The van der Waals surface area contributed by atoms with Crippen LogP contribution in [-0.4, -0.2) is 22.1 Å². The van der Waals surface area contributed by atoms with Crippen LogP contribution in [0, 0.1) is 6.92 Å². The molecule has 0 atom stereocenters. The number of nitrogens with zero attached hydrogens (tertiary/aromatic N) is 2. The first-order chi connectivity index (χ1) is 13.6. The van der Waals surface area contributed by atoms with Crippen molar-refractivity contribution in [3.8, 4) is 11.4 Å². The summed E-state index contributed by atoms with van der Waals surface area (Å²) < 4.78 is 41.8. The average molecular weight is 424 g/mol. The van der Waals surface area contributed by atoms with E-state index in [2.05, 4.69) is 15.2 Å². The van der Waals surface area contributed by atoms with Gasteiger partial charge in [-0.25, -0.2) is 4.68 Å². The zero-order valence-corrected chi connectivity index (χ0v) is 15.6. The molecule has 2 aromatic carbocycles. The van der Waals surface area contributed by atoms with Gasteiger partial charge in [0.2, 0.25) is 5.43 Å². The lowest BCUT2D eigenvalue weighted by Crippen LogP contribution is -2.26. The summed E-state index contributed by atoms with van der Waals surface area (Å²) in [7, 11) is 0. The molecule has 3 rings (SSSR count). The van der Waals surface area contributed by atoms with Crippen LogP contribution < -0.4 is 15.5 Å². The molecule has 0 saturated carbocycles. The Kier molecular flexibility index (Phi) is 5.60. The lowest BCUT2D eigenvalue weighted by Gasteiger charge is -2.12. The zero-order chi connectivity index (χ0) is 21.2. The second-order valence-corrected chi connectivity index (χ2v) is 6.35. The minimum Gasteiger partial charge on any atom is -0.406 e. The normalized spacial score (nSPS) is 11.2. The molecule has 1 aromatic heterocycles. The molecule has 1 heterocycles. The first kappa shape index (κ1) is 20.4. The molecule has 1 amide bonds. The van der Waals surface area contributed by atoms with E-state index in [4.69, 9.17) is 11.6 Å². The Balaban J connectivity index is 1.85. The van der Waals surface area contributed by atoms with E-state index in [-0.39, 0.29) is 11.4 Å². The first-order valence-electron chi connectivity index (χ1n) is 8.16. The van der Waals surface area contributed by atoms with Crippen LogP contribution in [0.4, 0.5) is 18.9 Å². The number of carbonyl (C=O) groups is 1. The van der Waals surface area contributed by atoms with Crippen molar-refractivity contribution in [1.82, 2.24) is 9.78 Å². The van der Waals surface area contributed by atoms with Gasteiger partial charge in [-0.1, -0.05) is 11.6 Å². The lowest BCUT2D eigenvalue weighted by molar-refractivity contribution is -0.274. The van der Waals surface area contributed by atoms with Crippen molar-refractivity contribution in [2.45, 2.75) is 13.3 Å². The number of halogens is 4. The maximum atomic E-state index is 12.5.